The molecule has 1 aromatic heterocycles. The molecule has 4 rings (SSSR count). The number of pyridine rings is 1. The Morgan fingerprint density at radius 3 is 2.47 bits per heavy atom. The van der Waals surface area contributed by atoms with Crippen LogP contribution in [0.5, 0.6) is 0 Å². The number of nitrogens with zero attached hydrogens (tertiary/aromatic N) is 1. The average molecular weight is 434 g/mol. The minimum absolute atomic E-state index is 0.0779. The van der Waals surface area contributed by atoms with Gasteiger partial charge in [-0.15, -0.1) is 0 Å². The third kappa shape index (κ3) is 3.72. The van der Waals surface area contributed by atoms with Crippen LogP contribution in [0.2, 0.25) is 0 Å². The number of amides is 1. The van der Waals surface area contributed by atoms with Crippen molar-refractivity contribution in [3.8, 4) is 0 Å². The van der Waals surface area contributed by atoms with E-state index in [0.717, 1.165) is 6.07 Å². The van der Waals surface area contributed by atoms with Gasteiger partial charge in [0.05, 0.1) is 5.69 Å². The second-order valence-corrected chi connectivity index (χ2v) is 8.09. The van der Waals surface area contributed by atoms with Crippen LogP contribution in [0, 0.1) is 17.5 Å². The van der Waals surface area contributed by atoms with Gasteiger partial charge in [-0.2, -0.15) is 4.72 Å². The van der Waals surface area contributed by atoms with Crippen molar-refractivity contribution < 1.29 is 26.4 Å². The zero-order valence-electron chi connectivity index (χ0n) is 15.0. The van der Waals surface area contributed by atoms with E-state index in [9.17, 15) is 26.4 Å². The summed E-state index contributed by atoms with van der Waals surface area (Å²) in [5.74, 6) is -5.41. The van der Waals surface area contributed by atoms with Gasteiger partial charge >= 0.3 is 0 Å². The van der Waals surface area contributed by atoms with E-state index < -0.39 is 39.5 Å². The Kier molecular flexibility index (Phi) is 4.92. The molecule has 154 valence electrons. The molecule has 30 heavy (non-hydrogen) atoms. The van der Waals surface area contributed by atoms with E-state index in [2.05, 4.69) is 20.3 Å². The molecular weight excluding hydrogens is 421 g/mol. The second-order valence-electron chi connectivity index (χ2n) is 6.40. The maximum absolute atomic E-state index is 13.3. The molecule has 0 saturated heterocycles. The van der Waals surface area contributed by atoms with Gasteiger partial charge in [0.1, 0.15) is 11.1 Å². The van der Waals surface area contributed by atoms with Crippen LogP contribution in [-0.4, -0.2) is 19.3 Å². The summed E-state index contributed by atoms with van der Waals surface area (Å²) in [6.45, 7) is 0. The lowest BCUT2D eigenvalue weighted by Gasteiger charge is -2.28. The highest BCUT2D eigenvalue weighted by molar-refractivity contribution is 7.89. The monoisotopic (exact) mass is 434 g/mol. The Bertz CT molecular complexity index is 1230. The zero-order valence-corrected chi connectivity index (χ0v) is 15.8. The molecular formula is C19H13F3N4O3S. The number of fused-ring (bicyclic) bond motifs is 1. The fourth-order valence-corrected chi connectivity index (χ4v) is 4.27. The van der Waals surface area contributed by atoms with E-state index in [4.69, 9.17) is 0 Å². The second kappa shape index (κ2) is 7.43. The molecule has 1 aliphatic heterocycles. The Morgan fingerprint density at radius 2 is 1.80 bits per heavy atom. The van der Waals surface area contributed by atoms with Crippen molar-refractivity contribution in [3.63, 3.8) is 0 Å². The van der Waals surface area contributed by atoms with Crippen molar-refractivity contribution in [1.29, 1.82) is 0 Å². The Labute approximate surface area is 169 Å². The normalized spacial score (nSPS) is 17.0. The number of rotatable bonds is 3. The molecule has 0 aliphatic carbocycles. The molecule has 0 radical (unpaired) electrons. The van der Waals surface area contributed by atoms with Crippen LogP contribution in [0.15, 0.2) is 59.8 Å². The highest BCUT2D eigenvalue weighted by Gasteiger charge is 2.31. The molecule has 0 bridgehead atoms. The summed E-state index contributed by atoms with van der Waals surface area (Å²) in [5, 5.41) is 5.21. The van der Waals surface area contributed by atoms with Crippen molar-refractivity contribution >= 4 is 27.3 Å². The summed E-state index contributed by atoms with van der Waals surface area (Å²) in [5.41, 5.74) is 0.461. The molecule has 3 aromatic rings. The molecule has 0 fully saturated rings. The van der Waals surface area contributed by atoms with Gasteiger partial charge in [0.25, 0.3) is 5.91 Å². The van der Waals surface area contributed by atoms with Crippen LogP contribution < -0.4 is 15.4 Å². The van der Waals surface area contributed by atoms with Gasteiger partial charge in [-0.1, -0.05) is 6.07 Å². The number of nitrogens with one attached hydrogen (secondary N) is 3. The zero-order chi connectivity index (χ0) is 21.5. The van der Waals surface area contributed by atoms with Gasteiger partial charge in [0, 0.05) is 41.3 Å². The SMILES string of the molecule is O=C(Nc1cc(F)c(F)c(F)c1)c1ccc2c(c1)S(=O)(=O)NC(c1cccnc1)N2. The molecule has 2 aromatic carbocycles. The number of hydrogen-bond acceptors (Lipinski definition) is 5. The third-order valence-electron chi connectivity index (χ3n) is 4.37. The lowest BCUT2D eigenvalue weighted by molar-refractivity contribution is 0.102. The van der Waals surface area contributed by atoms with Crippen LogP contribution in [-0.2, 0) is 10.0 Å². The molecule has 1 atom stereocenters. The average Bonchev–Trinajstić information content (AvgIpc) is 2.72. The molecule has 0 spiro atoms. The first-order chi connectivity index (χ1) is 14.2. The van der Waals surface area contributed by atoms with Gasteiger partial charge in [0.2, 0.25) is 10.0 Å². The lowest BCUT2D eigenvalue weighted by atomic mass is 10.1. The first-order valence-electron chi connectivity index (χ1n) is 8.53. The fraction of sp³-hybridized carbons (Fsp3) is 0.0526. The Hall–Kier alpha value is -3.44. The van der Waals surface area contributed by atoms with Crippen LogP contribution in [0.25, 0.3) is 0 Å². The van der Waals surface area contributed by atoms with Gasteiger partial charge in [-0.3, -0.25) is 9.78 Å². The number of carbonyl (C=O) groups is 1. The maximum Gasteiger partial charge on any atom is 0.255 e. The molecule has 1 aliphatic rings. The fourth-order valence-electron chi connectivity index (χ4n) is 2.94. The molecule has 11 heteroatoms. The molecule has 0 saturated carbocycles. The van der Waals surface area contributed by atoms with Gasteiger partial charge < -0.3 is 10.6 Å². The highest BCUT2D eigenvalue weighted by atomic mass is 32.2. The maximum atomic E-state index is 13.3. The number of benzene rings is 2. The minimum atomic E-state index is -3.98. The summed E-state index contributed by atoms with van der Waals surface area (Å²) in [6, 6.07) is 8.46. The van der Waals surface area contributed by atoms with E-state index in [1.807, 2.05) is 0 Å². The van der Waals surface area contributed by atoms with E-state index in [0.29, 0.717) is 17.7 Å². The number of hydrogen-bond donors (Lipinski definition) is 3. The molecule has 1 amide bonds. The highest BCUT2D eigenvalue weighted by Crippen LogP contribution is 2.32. The van der Waals surface area contributed by atoms with Gasteiger partial charge in [0.15, 0.2) is 17.5 Å². The smallest absolute Gasteiger partial charge is 0.255 e. The minimum Gasteiger partial charge on any atom is -0.364 e. The van der Waals surface area contributed by atoms with Crippen molar-refractivity contribution in [2.75, 3.05) is 10.6 Å². The standard InChI is InChI=1S/C19H13F3N4O3S/c20-13-7-12(8-14(21)17(13)22)24-19(27)10-3-4-15-16(6-10)30(28,29)26-18(25-15)11-2-1-5-23-9-11/h1-9,18,25-26H,(H,24,27). The van der Waals surface area contributed by atoms with Crippen LogP contribution in [0.1, 0.15) is 22.1 Å². The molecule has 7 nitrogen and oxygen atoms in total. The number of aromatic nitrogens is 1. The van der Waals surface area contributed by atoms with Crippen molar-refractivity contribution in [1.82, 2.24) is 9.71 Å². The summed E-state index contributed by atoms with van der Waals surface area (Å²) in [6.07, 6.45) is 2.31. The topological polar surface area (TPSA) is 100 Å². The van der Waals surface area contributed by atoms with Crippen LogP contribution in [0.3, 0.4) is 0 Å². The summed E-state index contributed by atoms with van der Waals surface area (Å²) in [7, 11) is -3.98. The largest absolute Gasteiger partial charge is 0.364 e. The predicted octanol–water partition coefficient (Wildman–Crippen LogP) is 3.15. The summed E-state index contributed by atoms with van der Waals surface area (Å²) < 4.78 is 67.5. The van der Waals surface area contributed by atoms with Gasteiger partial charge in [-0.05, 0) is 24.3 Å². The molecule has 3 N–H and O–H groups in total. The lowest BCUT2D eigenvalue weighted by Crippen LogP contribution is -2.38. The van der Waals surface area contributed by atoms with E-state index in [1.165, 1.54) is 18.3 Å². The Balaban J connectivity index is 1.62. The van der Waals surface area contributed by atoms with Crippen molar-refractivity contribution in [3.05, 3.63) is 83.4 Å². The van der Waals surface area contributed by atoms with Crippen LogP contribution in [0.4, 0.5) is 24.5 Å². The number of sulfonamides is 1. The quantitative estimate of drug-likeness (QED) is 0.550. The van der Waals surface area contributed by atoms with E-state index in [1.54, 1.807) is 18.3 Å². The predicted molar refractivity (Wildman–Crippen MR) is 102 cm³/mol. The number of carbonyl (C=O) groups excluding carboxylic acids is 1. The van der Waals surface area contributed by atoms with E-state index >= 15 is 0 Å². The summed E-state index contributed by atoms with van der Waals surface area (Å²) in [4.78, 5) is 16.2. The van der Waals surface area contributed by atoms with E-state index in [-0.39, 0.29) is 21.8 Å². The number of halogens is 3. The molecule has 2 heterocycles. The molecule has 1 unspecified atom stereocenters. The van der Waals surface area contributed by atoms with Crippen LogP contribution >= 0.6 is 0 Å². The number of anilines is 2. The summed E-state index contributed by atoms with van der Waals surface area (Å²) >= 11 is 0. The first kappa shape index (κ1) is 19.9. The third-order valence-corrected chi connectivity index (χ3v) is 5.83. The van der Waals surface area contributed by atoms with Crippen molar-refractivity contribution in [2.45, 2.75) is 11.1 Å². The first-order valence-corrected chi connectivity index (χ1v) is 10.0. The van der Waals surface area contributed by atoms with Crippen molar-refractivity contribution in [2.24, 2.45) is 0 Å². The Morgan fingerprint density at radius 1 is 1.07 bits per heavy atom. The van der Waals surface area contributed by atoms with Gasteiger partial charge in [-0.25, -0.2) is 21.6 Å².